The van der Waals surface area contributed by atoms with E-state index in [9.17, 15) is 18.0 Å². The minimum atomic E-state index is -4.66. The number of alkyl halides is 3. The van der Waals surface area contributed by atoms with Crippen LogP contribution in [0, 0.1) is 0 Å². The first-order valence-corrected chi connectivity index (χ1v) is 9.56. The Hall–Kier alpha value is -2.39. The van der Waals surface area contributed by atoms with Gasteiger partial charge in [-0.05, 0) is 25.0 Å². The lowest BCUT2D eigenvalue weighted by Gasteiger charge is -2.26. The number of morpholine rings is 1. The highest BCUT2D eigenvalue weighted by atomic mass is 19.4. The number of carbonyl (C=O) groups excluding carboxylic acids is 1. The summed E-state index contributed by atoms with van der Waals surface area (Å²) in [6, 6.07) is 7.17. The Morgan fingerprint density at radius 1 is 1.24 bits per heavy atom. The molecule has 1 aromatic heterocycles. The molecule has 0 bridgehead atoms. The molecule has 1 fully saturated rings. The van der Waals surface area contributed by atoms with E-state index in [4.69, 9.17) is 4.74 Å². The van der Waals surface area contributed by atoms with Crippen LogP contribution < -0.4 is 5.32 Å². The normalized spacial score (nSPS) is 15.7. The standard InChI is InChI=1S/C20H25F3N4O2/c1-14(2)27-18(20(21,22)23)17(12-25-27)19(28)24-11-15-4-3-5-16(10-15)13-26-6-8-29-9-7-26/h3-5,10,12,14H,6-9,11,13H2,1-2H3,(H,24,28). The molecule has 3 rings (SSSR count). The molecule has 0 atom stereocenters. The quantitative estimate of drug-likeness (QED) is 0.794. The number of aromatic nitrogens is 2. The van der Waals surface area contributed by atoms with Crippen molar-refractivity contribution in [2.24, 2.45) is 0 Å². The molecule has 1 aliphatic heterocycles. The van der Waals surface area contributed by atoms with Crippen molar-refractivity contribution in [3.63, 3.8) is 0 Å². The molecule has 1 N–H and O–H groups in total. The molecular weight excluding hydrogens is 385 g/mol. The van der Waals surface area contributed by atoms with Crippen molar-refractivity contribution < 1.29 is 22.7 Å². The van der Waals surface area contributed by atoms with Crippen LogP contribution in [0.15, 0.2) is 30.5 Å². The summed E-state index contributed by atoms with van der Waals surface area (Å²) in [5.74, 6) is -0.789. The lowest BCUT2D eigenvalue weighted by Crippen LogP contribution is -2.35. The number of rotatable bonds is 6. The van der Waals surface area contributed by atoms with E-state index < -0.39 is 29.4 Å². The molecule has 0 saturated carbocycles. The van der Waals surface area contributed by atoms with Crippen LogP contribution in [0.25, 0.3) is 0 Å². The van der Waals surface area contributed by atoms with E-state index in [-0.39, 0.29) is 6.54 Å². The van der Waals surface area contributed by atoms with Crippen LogP contribution in [0.5, 0.6) is 0 Å². The van der Waals surface area contributed by atoms with Crippen LogP contribution in [0.4, 0.5) is 13.2 Å². The van der Waals surface area contributed by atoms with E-state index in [2.05, 4.69) is 15.3 Å². The highest BCUT2D eigenvalue weighted by Crippen LogP contribution is 2.33. The molecule has 9 heteroatoms. The number of nitrogens with one attached hydrogen (secondary N) is 1. The number of ether oxygens (including phenoxy) is 1. The van der Waals surface area contributed by atoms with Crippen LogP contribution in [0.1, 0.15) is 47.1 Å². The molecule has 1 amide bonds. The zero-order valence-corrected chi connectivity index (χ0v) is 16.5. The SMILES string of the molecule is CC(C)n1ncc(C(=O)NCc2cccc(CN3CCOCC3)c2)c1C(F)(F)F. The largest absolute Gasteiger partial charge is 0.433 e. The molecule has 0 radical (unpaired) electrons. The fraction of sp³-hybridized carbons (Fsp3) is 0.500. The number of hydrogen-bond donors (Lipinski definition) is 1. The molecule has 0 aliphatic carbocycles. The van der Waals surface area contributed by atoms with Gasteiger partial charge in [0.25, 0.3) is 5.91 Å². The van der Waals surface area contributed by atoms with Gasteiger partial charge in [0.2, 0.25) is 0 Å². The zero-order chi connectivity index (χ0) is 21.0. The van der Waals surface area contributed by atoms with Gasteiger partial charge in [0.15, 0.2) is 5.69 Å². The molecule has 0 unspecified atom stereocenters. The predicted molar refractivity (Wildman–Crippen MR) is 101 cm³/mol. The Bertz CT molecular complexity index is 842. The summed E-state index contributed by atoms with van der Waals surface area (Å²) in [5.41, 5.74) is 0.429. The summed E-state index contributed by atoms with van der Waals surface area (Å²) in [6.45, 7) is 7.23. The number of halogens is 3. The first kappa shape index (κ1) is 21.3. The predicted octanol–water partition coefficient (Wildman–Crippen LogP) is 3.25. The molecule has 1 aliphatic rings. The second-order valence-electron chi connectivity index (χ2n) is 7.33. The van der Waals surface area contributed by atoms with Crippen LogP contribution in [-0.2, 0) is 24.0 Å². The Morgan fingerprint density at radius 3 is 2.59 bits per heavy atom. The maximum Gasteiger partial charge on any atom is 0.433 e. The van der Waals surface area contributed by atoms with Crippen molar-refractivity contribution >= 4 is 5.91 Å². The van der Waals surface area contributed by atoms with Crippen LogP contribution in [-0.4, -0.2) is 46.9 Å². The molecular formula is C20H25F3N4O2. The maximum atomic E-state index is 13.4. The van der Waals surface area contributed by atoms with Gasteiger partial charge in [-0.15, -0.1) is 0 Å². The highest BCUT2D eigenvalue weighted by molar-refractivity contribution is 5.95. The average Bonchev–Trinajstić information content (AvgIpc) is 3.13. The number of benzene rings is 1. The maximum absolute atomic E-state index is 13.4. The number of carbonyl (C=O) groups is 1. The van der Waals surface area contributed by atoms with Gasteiger partial charge in [0.05, 0.1) is 25.0 Å². The topological polar surface area (TPSA) is 59.4 Å². The first-order valence-electron chi connectivity index (χ1n) is 9.56. The number of hydrogen-bond acceptors (Lipinski definition) is 4. The summed E-state index contributed by atoms with van der Waals surface area (Å²) in [6.07, 6.45) is -3.68. The minimum Gasteiger partial charge on any atom is -0.379 e. The Morgan fingerprint density at radius 2 is 1.93 bits per heavy atom. The molecule has 6 nitrogen and oxygen atoms in total. The van der Waals surface area contributed by atoms with Gasteiger partial charge in [-0.2, -0.15) is 18.3 Å². The summed E-state index contributed by atoms with van der Waals surface area (Å²) < 4.78 is 46.5. The van der Waals surface area contributed by atoms with Crippen LogP contribution in [0.2, 0.25) is 0 Å². The fourth-order valence-corrected chi connectivity index (χ4v) is 3.34. The van der Waals surface area contributed by atoms with Crippen LogP contribution in [0.3, 0.4) is 0 Å². The summed E-state index contributed by atoms with van der Waals surface area (Å²) in [4.78, 5) is 14.7. The summed E-state index contributed by atoms with van der Waals surface area (Å²) in [7, 11) is 0. The Labute approximate surface area is 167 Å². The van der Waals surface area contributed by atoms with Gasteiger partial charge in [-0.3, -0.25) is 14.4 Å². The van der Waals surface area contributed by atoms with Gasteiger partial charge in [0.1, 0.15) is 0 Å². The molecule has 1 saturated heterocycles. The molecule has 29 heavy (non-hydrogen) atoms. The summed E-state index contributed by atoms with van der Waals surface area (Å²) in [5, 5.41) is 6.34. The Kier molecular flexibility index (Phi) is 6.59. The van der Waals surface area contributed by atoms with Gasteiger partial charge >= 0.3 is 6.18 Å². The molecule has 2 aromatic rings. The van der Waals surface area contributed by atoms with Crippen molar-refractivity contribution in [3.8, 4) is 0 Å². The molecule has 0 spiro atoms. The second kappa shape index (κ2) is 8.96. The van der Waals surface area contributed by atoms with E-state index in [0.717, 1.165) is 41.6 Å². The average molecular weight is 410 g/mol. The first-order chi connectivity index (χ1) is 13.8. The van der Waals surface area contributed by atoms with E-state index in [1.54, 1.807) is 13.8 Å². The second-order valence-corrected chi connectivity index (χ2v) is 7.33. The minimum absolute atomic E-state index is 0.139. The van der Waals surface area contributed by atoms with Gasteiger partial charge in [-0.25, -0.2) is 0 Å². The van der Waals surface area contributed by atoms with Gasteiger partial charge in [-0.1, -0.05) is 24.3 Å². The van der Waals surface area contributed by atoms with Gasteiger partial charge < -0.3 is 10.1 Å². The fourth-order valence-electron chi connectivity index (χ4n) is 3.34. The monoisotopic (exact) mass is 410 g/mol. The third kappa shape index (κ3) is 5.36. The van der Waals surface area contributed by atoms with E-state index in [1.165, 1.54) is 0 Å². The lowest BCUT2D eigenvalue weighted by atomic mass is 10.1. The van der Waals surface area contributed by atoms with Crippen molar-refractivity contribution in [2.75, 3.05) is 26.3 Å². The van der Waals surface area contributed by atoms with Crippen molar-refractivity contribution in [2.45, 2.75) is 39.2 Å². The van der Waals surface area contributed by atoms with Crippen molar-refractivity contribution in [1.82, 2.24) is 20.0 Å². The third-order valence-electron chi connectivity index (χ3n) is 4.75. The van der Waals surface area contributed by atoms with E-state index in [0.29, 0.717) is 13.2 Å². The highest BCUT2D eigenvalue weighted by Gasteiger charge is 2.40. The lowest BCUT2D eigenvalue weighted by molar-refractivity contribution is -0.145. The van der Waals surface area contributed by atoms with Crippen LogP contribution >= 0.6 is 0 Å². The summed E-state index contributed by atoms with van der Waals surface area (Å²) >= 11 is 0. The zero-order valence-electron chi connectivity index (χ0n) is 16.5. The van der Waals surface area contributed by atoms with Gasteiger partial charge in [0, 0.05) is 32.2 Å². The smallest absolute Gasteiger partial charge is 0.379 e. The van der Waals surface area contributed by atoms with Crippen molar-refractivity contribution in [1.29, 1.82) is 0 Å². The van der Waals surface area contributed by atoms with E-state index >= 15 is 0 Å². The Balaban J connectivity index is 1.67. The van der Waals surface area contributed by atoms with Crippen molar-refractivity contribution in [3.05, 3.63) is 52.8 Å². The molecule has 2 heterocycles. The molecule has 1 aromatic carbocycles. The molecule has 158 valence electrons. The van der Waals surface area contributed by atoms with E-state index in [1.807, 2.05) is 24.3 Å². The third-order valence-corrected chi connectivity index (χ3v) is 4.75. The number of nitrogens with zero attached hydrogens (tertiary/aromatic N) is 3. The number of amides is 1.